The largest absolute Gasteiger partial charge is 0.385 e. The molecule has 6 heteroatoms. The first kappa shape index (κ1) is 19.4. The summed E-state index contributed by atoms with van der Waals surface area (Å²) in [6, 6.07) is 10.1. The maximum absolute atomic E-state index is 12.5. The van der Waals surface area contributed by atoms with E-state index in [1.165, 1.54) is 17.4 Å². The Morgan fingerprint density at radius 1 is 1.32 bits per heavy atom. The van der Waals surface area contributed by atoms with Crippen LogP contribution in [-0.2, 0) is 20.7 Å². The van der Waals surface area contributed by atoms with E-state index in [1.54, 1.807) is 11.9 Å². The number of amides is 2. The average Bonchev–Trinajstić information content (AvgIpc) is 2.77. The molecule has 0 radical (unpaired) electrons. The van der Waals surface area contributed by atoms with Crippen molar-refractivity contribution in [2.75, 3.05) is 39.9 Å². The van der Waals surface area contributed by atoms with Crippen molar-refractivity contribution in [3.63, 3.8) is 0 Å². The van der Waals surface area contributed by atoms with Crippen LogP contribution in [0.4, 0.5) is 0 Å². The highest BCUT2D eigenvalue weighted by Crippen LogP contribution is 2.18. The molecule has 1 aromatic carbocycles. The predicted octanol–water partition coefficient (Wildman–Crippen LogP) is 1.08. The van der Waals surface area contributed by atoms with Gasteiger partial charge in [-0.1, -0.05) is 30.3 Å². The quantitative estimate of drug-likeness (QED) is 0.835. The number of benzene rings is 1. The summed E-state index contributed by atoms with van der Waals surface area (Å²) in [4.78, 5) is 27.2. The van der Waals surface area contributed by atoms with Crippen LogP contribution in [0, 0.1) is 0 Å². The van der Waals surface area contributed by atoms with E-state index in [0.717, 1.165) is 12.8 Å². The Hall–Kier alpha value is -1.92. The number of aliphatic hydroxyl groups is 1. The van der Waals surface area contributed by atoms with Crippen LogP contribution in [0.1, 0.15) is 25.3 Å². The van der Waals surface area contributed by atoms with Gasteiger partial charge < -0.3 is 19.6 Å². The summed E-state index contributed by atoms with van der Waals surface area (Å²) < 4.78 is 5.40. The van der Waals surface area contributed by atoms with Crippen LogP contribution < -0.4 is 0 Å². The topological polar surface area (TPSA) is 70.1 Å². The van der Waals surface area contributed by atoms with Crippen LogP contribution in [0.2, 0.25) is 0 Å². The zero-order valence-electron chi connectivity index (χ0n) is 15.1. The Morgan fingerprint density at radius 2 is 2.04 bits per heavy atom. The summed E-state index contributed by atoms with van der Waals surface area (Å²) in [5, 5.41) is 10.7. The minimum atomic E-state index is -1.33. The molecule has 1 aliphatic rings. The number of ether oxygens (including phenoxy) is 1. The van der Waals surface area contributed by atoms with E-state index < -0.39 is 5.60 Å². The Labute approximate surface area is 149 Å². The van der Waals surface area contributed by atoms with E-state index in [-0.39, 0.29) is 31.4 Å². The molecule has 0 aliphatic carbocycles. The third-order valence-electron chi connectivity index (χ3n) is 4.51. The molecule has 0 aromatic heterocycles. The summed E-state index contributed by atoms with van der Waals surface area (Å²) in [6.45, 7) is 3.11. The normalized spacial score (nSPS) is 20.8. The van der Waals surface area contributed by atoms with Gasteiger partial charge in [-0.3, -0.25) is 9.59 Å². The monoisotopic (exact) mass is 348 g/mol. The lowest BCUT2D eigenvalue weighted by Crippen LogP contribution is -2.49. The highest BCUT2D eigenvalue weighted by atomic mass is 16.5. The van der Waals surface area contributed by atoms with Crippen LogP contribution in [0.3, 0.4) is 0 Å². The summed E-state index contributed by atoms with van der Waals surface area (Å²) in [5.41, 5.74) is -0.0799. The zero-order valence-corrected chi connectivity index (χ0v) is 15.1. The van der Waals surface area contributed by atoms with E-state index in [4.69, 9.17) is 4.74 Å². The fourth-order valence-electron chi connectivity index (χ4n) is 3.00. The molecule has 1 aromatic rings. The molecular formula is C19H28N2O4. The van der Waals surface area contributed by atoms with Gasteiger partial charge in [0.25, 0.3) is 0 Å². The van der Waals surface area contributed by atoms with Crippen LogP contribution in [0.5, 0.6) is 0 Å². The summed E-state index contributed by atoms with van der Waals surface area (Å²) >= 11 is 0. The first-order chi connectivity index (χ1) is 11.9. The highest BCUT2D eigenvalue weighted by Gasteiger charge is 2.36. The van der Waals surface area contributed by atoms with E-state index in [0.29, 0.717) is 19.7 Å². The van der Waals surface area contributed by atoms with E-state index in [1.807, 2.05) is 18.2 Å². The van der Waals surface area contributed by atoms with E-state index in [9.17, 15) is 14.7 Å². The fourth-order valence-corrected chi connectivity index (χ4v) is 3.00. The fraction of sp³-hybridized carbons (Fsp3) is 0.579. The number of aryl methyl sites for hydroxylation is 1. The van der Waals surface area contributed by atoms with Crippen molar-refractivity contribution in [2.24, 2.45) is 0 Å². The minimum Gasteiger partial charge on any atom is -0.385 e. The van der Waals surface area contributed by atoms with Crippen LogP contribution in [0.15, 0.2) is 30.3 Å². The molecule has 1 fully saturated rings. The van der Waals surface area contributed by atoms with Crippen LogP contribution in [-0.4, -0.2) is 72.2 Å². The van der Waals surface area contributed by atoms with Crippen molar-refractivity contribution in [2.45, 2.75) is 31.8 Å². The molecule has 25 heavy (non-hydrogen) atoms. The Balaban J connectivity index is 1.83. The predicted molar refractivity (Wildman–Crippen MR) is 95.0 cm³/mol. The molecule has 1 N–H and O–H groups in total. The Kier molecular flexibility index (Phi) is 6.96. The van der Waals surface area contributed by atoms with Gasteiger partial charge >= 0.3 is 0 Å². The van der Waals surface area contributed by atoms with Gasteiger partial charge in [0.1, 0.15) is 5.60 Å². The number of hydrogen-bond donors (Lipinski definition) is 1. The third kappa shape index (κ3) is 6.14. The maximum Gasteiger partial charge on any atom is 0.225 e. The Morgan fingerprint density at radius 3 is 2.72 bits per heavy atom. The lowest BCUT2D eigenvalue weighted by Gasteiger charge is -2.31. The number of carbonyl (C=O) groups is 2. The molecule has 0 bridgehead atoms. The first-order valence-electron chi connectivity index (χ1n) is 8.73. The lowest BCUT2D eigenvalue weighted by molar-refractivity contribution is -0.141. The molecule has 0 unspecified atom stereocenters. The summed E-state index contributed by atoms with van der Waals surface area (Å²) in [5.74, 6) is -0.253. The molecule has 2 amide bonds. The summed E-state index contributed by atoms with van der Waals surface area (Å²) in [6.07, 6.45) is 1.73. The number of hydrogen-bond acceptors (Lipinski definition) is 4. The van der Waals surface area contributed by atoms with Crippen molar-refractivity contribution < 1.29 is 19.4 Å². The van der Waals surface area contributed by atoms with Gasteiger partial charge in [0, 0.05) is 27.1 Å². The number of β-amino-alcohol motifs (C(OH)–C–C–N with tert-alkyl or cyclic N) is 1. The van der Waals surface area contributed by atoms with Crippen LogP contribution >= 0.6 is 0 Å². The number of carbonyl (C=O) groups excluding carboxylic acids is 2. The highest BCUT2D eigenvalue weighted by molar-refractivity contribution is 5.77. The molecule has 1 atom stereocenters. The first-order valence-corrected chi connectivity index (χ1v) is 8.73. The molecule has 1 heterocycles. The molecule has 138 valence electrons. The van der Waals surface area contributed by atoms with Gasteiger partial charge in [0.2, 0.25) is 11.8 Å². The van der Waals surface area contributed by atoms with Crippen molar-refractivity contribution in [1.82, 2.24) is 9.80 Å². The zero-order chi connectivity index (χ0) is 18.3. The minimum absolute atomic E-state index is 0.0430. The van der Waals surface area contributed by atoms with E-state index >= 15 is 0 Å². The molecule has 0 spiro atoms. The van der Waals surface area contributed by atoms with Gasteiger partial charge in [-0.25, -0.2) is 0 Å². The number of nitrogens with zero attached hydrogens (tertiary/aromatic N) is 2. The van der Waals surface area contributed by atoms with Crippen molar-refractivity contribution in [3.05, 3.63) is 35.9 Å². The van der Waals surface area contributed by atoms with Crippen molar-refractivity contribution >= 4 is 11.8 Å². The van der Waals surface area contributed by atoms with Gasteiger partial charge in [-0.15, -0.1) is 0 Å². The maximum atomic E-state index is 12.5. The van der Waals surface area contributed by atoms with E-state index in [2.05, 4.69) is 12.1 Å². The molecule has 6 nitrogen and oxygen atoms in total. The second-order valence-corrected chi connectivity index (χ2v) is 6.80. The summed E-state index contributed by atoms with van der Waals surface area (Å²) in [7, 11) is 1.75. The molecule has 1 aliphatic heterocycles. The van der Waals surface area contributed by atoms with Gasteiger partial charge in [-0.05, 0) is 18.4 Å². The van der Waals surface area contributed by atoms with Crippen molar-refractivity contribution in [3.8, 4) is 0 Å². The van der Waals surface area contributed by atoms with Crippen LogP contribution in [0.25, 0.3) is 0 Å². The van der Waals surface area contributed by atoms with Gasteiger partial charge in [-0.2, -0.15) is 0 Å². The number of rotatable bonds is 6. The van der Waals surface area contributed by atoms with Gasteiger partial charge in [0.15, 0.2) is 0 Å². The third-order valence-corrected chi connectivity index (χ3v) is 4.51. The SMILES string of the molecule is CC(=O)N1CCOC[C@](O)(CC(=O)N(C)CCCc2ccccc2)C1. The van der Waals surface area contributed by atoms with Gasteiger partial charge in [0.05, 0.1) is 26.2 Å². The molecule has 2 rings (SSSR count). The molecule has 0 saturated carbocycles. The second kappa shape index (κ2) is 8.97. The average molecular weight is 348 g/mol. The Bertz CT molecular complexity index is 578. The smallest absolute Gasteiger partial charge is 0.225 e. The standard InChI is InChI=1S/C19H28N2O4/c1-16(22)21-11-12-25-15-19(24,14-21)13-18(23)20(2)10-6-9-17-7-4-3-5-8-17/h3-5,7-8,24H,6,9-15H2,1-2H3/t19-/m0/s1. The molecular weight excluding hydrogens is 320 g/mol. The second-order valence-electron chi connectivity index (χ2n) is 6.80. The van der Waals surface area contributed by atoms with Crippen molar-refractivity contribution in [1.29, 1.82) is 0 Å². The lowest BCUT2D eigenvalue weighted by atomic mass is 9.99. The molecule has 1 saturated heterocycles.